The number of carbonyl (C=O) groups is 1. The van der Waals surface area contributed by atoms with Crippen molar-refractivity contribution >= 4 is 11.9 Å². The van der Waals surface area contributed by atoms with Crippen molar-refractivity contribution in [3.05, 3.63) is 59.7 Å². The highest BCUT2D eigenvalue weighted by Gasteiger charge is 2.22. The van der Waals surface area contributed by atoms with Gasteiger partial charge in [0.15, 0.2) is 5.96 Å². The zero-order valence-electron chi connectivity index (χ0n) is 17.2. The minimum Gasteiger partial charge on any atom is -0.457 e. The molecule has 0 unspecified atom stereocenters. The molecule has 1 amide bonds. The highest BCUT2D eigenvalue weighted by Crippen LogP contribution is 2.26. The summed E-state index contributed by atoms with van der Waals surface area (Å²) < 4.78 is 6.07. The van der Waals surface area contributed by atoms with Crippen molar-refractivity contribution in [2.75, 3.05) is 13.6 Å². The molecular formula is C23H30N4O2. The summed E-state index contributed by atoms with van der Waals surface area (Å²) in [4.78, 5) is 16.0. The number of rotatable bonds is 9. The zero-order valence-corrected chi connectivity index (χ0v) is 17.2. The second kappa shape index (κ2) is 10.5. The van der Waals surface area contributed by atoms with Crippen LogP contribution in [0.25, 0.3) is 0 Å². The molecule has 154 valence electrons. The van der Waals surface area contributed by atoms with Crippen LogP contribution in [0.4, 0.5) is 0 Å². The predicted molar refractivity (Wildman–Crippen MR) is 116 cm³/mol. The number of benzene rings is 2. The first-order valence-corrected chi connectivity index (χ1v) is 10.2. The number of hydrogen-bond donors (Lipinski definition) is 3. The quantitative estimate of drug-likeness (QED) is 0.346. The van der Waals surface area contributed by atoms with E-state index in [0.29, 0.717) is 31.5 Å². The highest BCUT2D eigenvalue weighted by atomic mass is 16.5. The van der Waals surface area contributed by atoms with Crippen LogP contribution in [0.2, 0.25) is 0 Å². The molecule has 1 aliphatic rings. The lowest BCUT2D eigenvalue weighted by molar-refractivity contribution is -0.121. The van der Waals surface area contributed by atoms with E-state index < -0.39 is 0 Å². The van der Waals surface area contributed by atoms with Gasteiger partial charge in [-0.15, -0.1) is 0 Å². The summed E-state index contributed by atoms with van der Waals surface area (Å²) in [6.07, 6.45) is 3.55. The molecule has 6 nitrogen and oxygen atoms in total. The smallest absolute Gasteiger partial charge is 0.220 e. The Balaban J connectivity index is 1.47. The van der Waals surface area contributed by atoms with Gasteiger partial charge >= 0.3 is 0 Å². The van der Waals surface area contributed by atoms with Crippen molar-refractivity contribution in [2.45, 2.75) is 45.2 Å². The second-order valence-corrected chi connectivity index (χ2v) is 7.32. The second-order valence-electron chi connectivity index (χ2n) is 7.32. The number of para-hydroxylation sites is 1. The van der Waals surface area contributed by atoms with E-state index in [0.717, 1.165) is 41.9 Å². The fourth-order valence-corrected chi connectivity index (χ4v) is 2.90. The molecule has 3 N–H and O–H groups in total. The fourth-order valence-electron chi connectivity index (χ4n) is 2.90. The third-order valence-electron chi connectivity index (χ3n) is 4.68. The zero-order chi connectivity index (χ0) is 20.5. The van der Waals surface area contributed by atoms with Crippen molar-refractivity contribution in [1.29, 1.82) is 0 Å². The number of aliphatic imine (C=N–C) groups is 1. The SMILES string of the molecule is CN=C(NCCCC(=O)NC1CC1)NCc1ccc(C)cc1Oc1ccccc1. The van der Waals surface area contributed by atoms with Crippen LogP contribution in [0.5, 0.6) is 11.5 Å². The maximum atomic E-state index is 11.7. The minimum absolute atomic E-state index is 0.139. The fraction of sp³-hybridized carbons (Fsp3) is 0.391. The molecule has 6 heteroatoms. The Kier molecular flexibility index (Phi) is 7.50. The van der Waals surface area contributed by atoms with Crippen LogP contribution in [-0.2, 0) is 11.3 Å². The van der Waals surface area contributed by atoms with Gasteiger partial charge in [-0.3, -0.25) is 9.79 Å². The predicted octanol–water partition coefficient (Wildman–Crippen LogP) is 3.51. The lowest BCUT2D eigenvalue weighted by Gasteiger charge is -2.15. The lowest BCUT2D eigenvalue weighted by Crippen LogP contribution is -2.37. The number of nitrogens with zero attached hydrogens (tertiary/aromatic N) is 1. The van der Waals surface area contributed by atoms with E-state index in [1.807, 2.05) is 36.4 Å². The molecule has 0 heterocycles. The van der Waals surface area contributed by atoms with Gasteiger partial charge in [0.2, 0.25) is 5.91 Å². The van der Waals surface area contributed by atoms with Gasteiger partial charge in [0, 0.05) is 38.2 Å². The Morgan fingerprint density at radius 1 is 1.14 bits per heavy atom. The third-order valence-corrected chi connectivity index (χ3v) is 4.68. The summed E-state index contributed by atoms with van der Waals surface area (Å²) in [5, 5.41) is 9.59. The molecule has 29 heavy (non-hydrogen) atoms. The first kappa shape index (κ1) is 20.7. The molecule has 0 aromatic heterocycles. The summed E-state index contributed by atoms with van der Waals surface area (Å²) in [6, 6.07) is 16.4. The largest absolute Gasteiger partial charge is 0.457 e. The maximum Gasteiger partial charge on any atom is 0.220 e. The van der Waals surface area contributed by atoms with E-state index in [1.54, 1.807) is 7.05 Å². The van der Waals surface area contributed by atoms with Crippen LogP contribution in [0.3, 0.4) is 0 Å². The van der Waals surface area contributed by atoms with Crippen molar-refractivity contribution in [1.82, 2.24) is 16.0 Å². The molecular weight excluding hydrogens is 364 g/mol. The molecule has 1 fully saturated rings. The van der Waals surface area contributed by atoms with Gasteiger partial charge in [-0.1, -0.05) is 30.3 Å². The van der Waals surface area contributed by atoms with Gasteiger partial charge in [0.1, 0.15) is 11.5 Å². The average Bonchev–Trinajstić information content (AvgIpc) is 3.53. The van der Waals surface area contributed by atoms with E-state index in [-0.39, 0.29) is 5.91 Å². The van der Waals surface area contributed by atoms with E-state index in [2.05, 4.69) is 40.0 Å². The Labute approximate surface area is 172 Å². The molecule has 3 rings (SSSR count). The van der Waals surface area contributed by atoms with Gasteiger partial charge in [-0.05, 0) is 49.9 Å². The normalized spacial score (nSPS) is 13.7. The van der Waals surface area contributed by atoms with E-state index >= 15 is 0 Å². The summed E-state index contributed by atoms with van der Waals surface area (Å²) in [7, 11) is 1.74. The van der Waals surface area contributed by atoms with Crippen LogP contribution < -0.4 is 20.7 Å². The van der Waals surface area contributed by atoms with Crippen molar-refractivity contribution in [3.63, 3.8) is 0 Å². The van der Waals surface area contributed by atoms with E-state index in [1.165, 1.54) is 0 Å². The molecule has 0 spiro atoms. The van der Waals surface area contributed by atoms with Crippen LogP contribution >= 0.6 is 0 Å². The first-order valence-electron chi connectivity index (χ1n) is 10.2. The number of aryl methyl sites for hydroxylation is 1. The lowest BCUT2D eigenvalue weighted by atomic mass is 10.1. The number of ether oxygens (including phenoxy) is 1. The van der Waals surface area contributed by atoms with E-state index in [4.69, 9.17) is 4.74 Å². The molecule has 1 aliphatic carbocycles. The molecule has 1 saturated carbocycles. The highest BCUT2D eigenvalue weighted by molar-refractivity contribution is 5.80. The number of carbonyl (C=O) groups excluding carboxylic acids is 1. The Hall–Kier alpha value is -3.02. The summed E-state index contributed by atoms with van der Waals surface area (Å²) in [6.45, 7) is 3.33. The first-order chi connectivity index (χ1) is 14.1. The molecule has 2 aromatic rings. The Morgan fingerprint density at radius 3 is 2.66 bits per heavy atom. The molecule has 0 radical (unpaired) electrons. The van der Waals surface area contributed by atoms with Gasteiger partial charge < -0.3 is 20.7 Å². The van der Waals surface area contributed by atoms with Crippen LogP contribution in [0, 0.1) is 6.92 Å². The van der Waals surface area contributed by atoms with Gasteiger partial charge in [-0.25, -0.2) is 0 Å². The molecule has 0 bridgehead atoms. The summed E-state index contributed by atoms with van der Waals surface area (Å²) in [5.74, 6) is 2.49. The number of hydrogen-bond acceptors (Lipinski definition) is 3. The Morgan fingerprint density at radius 2 is 1.93 bits per heavy atom. The van der Waals surface area contributed by atoms with Crippen LogP contribution in [-0.4, -0.2) is 31.5 Å². The van der Waals surface area contributed by atoms with Crippen LogP contribution in [0.1, 0.15) is 36.8 Å². The minimum atomic E-state index is 0.139. The van der Waals surface area contributed by atoms with Crippen molar-refractivity contribution in [3.8, 4) is 11.5 Å². The van der Waals surface area contributed by atoms with Gasteiger partial charge in [-0.2, -0.15) is 0 Å². The summed E-state index contributed by atoms with van der Waals surface area (Å²) in [5.41, 5.74) is 2.19. The topological polar surface area (TPSA) is 74.8 Å². The molecule has 2 aromatic carbocycles. The van der Waals surface area contributed by atoms with Gasteiger partial charge in [0.25, 0.3) is 0 Å². The monoisotopic (exact) mass is 394 g/mol. The summed E-state index contributed by atoms with van der Waals surface area (Å²) >= 11 is 0. The molecule has 0 aliphatic heterocycles. The maximum absolute atomic E-state index is 11.7. The molecule has 0 atom stereocenters. The van der Waals surface area contributed by atoms with Crippen molar-refractivity contribution in [2.24, 2.45) is 4.99 Å². The average molecular weight is 395 g/mol. The Bertz CT molecular complexity index is 832. The van der Waals surface area contributed by atoms with E-state index in [9.17, 15) is 4.79 Å². The number of amides is 1. The van der Waals surface area contributed by atoms with Gasteiger partial charge in [0.05, 0.1) is 0 Å². The third kappa shape index (κ3) is 7.14. The van der Waals surface area contributed by atoms with Crippen LogP contribution in [0.15, 0.2) is 53.5 Å². The number of nitrogens with one attached hydrogen (secondary N) is 3. The standard InChI is InChI=1S/C23H30N4O2/c1-17-10-11-18(21(15-17)29-20-7-4-3-5-8-20)16-26-23(24-2)25-14-6-9-22(28)27-19-12-13-19/h3-5,7-8,10-11,15,19H,6,9,12-14,16H2,1-2H3,(H,27,28)(H2,24,25,26). The number of guanidine groups is 1. The van der Waals surface area contributed by atoms with Crippen molar-refractivity contribution < 1.29 is 9.53 Å². The molecule has 0 saturated heterocycles.